The van der Waals surface area contributed by atoms with E-state index in [2.05, 4.69) is 9.73 Å². The first-order valence-electron chi connectivity index (χ1n) is 3.37. The number of carboxylic acids is 1. The Balaban J connectivity index is 0.000000211. The Labute approximate surface area is 69.7 Å². The van der Waals surface area contributed by atoms with Crippen molar-refractivity contribution in [1.82, 2.24) is 0 Å². The number of aliphatic hydroxyl groups excluding tert-OH is 1. The van der Waals surface area contributed by atoms with E-state index in [-0.39, 0.29) is 0 Å². The van der Waals surface area contributed by atoms with Crippen LogP contribution < -0.4 is 5.73 Å². The summed E-state index contributed by atoms with van der Waals surface area (Å²) in [5.74, 6) is -1.18. The van der Waals surface area contributed by atoms with E-state index < -0.39 is 18.6 Å². The van der Waals surface area contributed by atoms with Crippen molar-refractivity contribution in [3.8, 4) is 0 Å². The maximum Gasteiger partial charge on any atom is 0.322 e. The number of aliphatic hydroxyl groups is 1. The number of carbonyl (C=O) groups is 1. The van der Waals surface area contributed by atoms with Crippen LogP contribution in [-0.2, 0) is 9.53 Å². The molecule has 0 aromatic rings. The molecular formula is C6H12N2O4. The lowest BCUT2D eigenvalue weighted by Gasteiger charge is -1.96. The lowest BCUT2D eigenvalue weighted by atomic mass is 10.3. The summed E-state index contributed by atoms with van der Waals surface area (Å²) in [6.45, 7) is 1.12. The van der Waals surface area contributed by atoms with Crippen LogP contribution in [0.1, 0.15) is 0 Å². The van der Waals surface area contributed by atoms with Crippen molar-refractivity contribution < 1.29 is 19.7 Å². The minimum atomic E-state index is -1.18. The van der Waals surface area contributed by atoms with Gasteiger partial charge in [0.1, 0.15) is 12.6 Å². The van der Waals surface area contributed by atoms with E-state index in [0.29, 0.717) is 0 Å². The van der Waals surface area contributed by atoms with Crippen LogP contribution in [0.2, 0.25) is 0 Å². The highest BCUT2D eigenvalue weighted by atomic mass is 16.5. The Morgan fingerprint density at radius 3 is 2.58 bits per heavy atom. The van der Waals surface area contributed by atoms with Crippen molar-refractivity contribution in [2.24, 2.45) is 10.7 Å². The Morgan fingerprint density at radius 2 is 2.50 bits per heavy atom. The predicted molar refractivity (Wildman–Crippen MR) is 42.0 cm³/mol. The molecular weight excluding hydrogens is 164 g/mol. The Bertz CT molecular complexity index is 154. The number of nitrogens with zero attached hydrogens (tertiary/aromatic N) is 1. The summed E-state index contributed by atoms with van der Waals surface area (Å²) >= 11 is 0. The molecule has 1 heterocycles. The highest BCUT2D eigenvalue weighted by Crippen LogP contribution is 1.78. The second-order valence-electron chi connectivity index (χ2n) is 2.01. The molecule has 0 bridgehead atoms. The van der Waals surface area contributed by atoms with Gasteiger partial charge in [-0.05, 0) is 0 Å². The third-order valence-corrected chi connectivity index (χ3v) is 1.00. The average Bonchev–Trinajstić information content (AvgIpc) is 2.59. The first kappa shape index (κ1) is 10.9. The highest BCUT2D eigenvalue weighted by Gasteiger charge is 2.06. The van der Waals surface area contributed by atoms with Gasteiger partial charge in [0.15, 0.2) is 6.40 Å². The molecule has 0 saturated heterocycles. The number of rotatable bonds is 2. The zero-order valence-corrected chi connectivity index (χ0v) is 6.51. The first-order chi connectivity index (χ1) is 5.68. The summed E-state index contributed by atoms with van der Waals surface area (Å²) in [5, 5.41) is 15.9. The van der Waals surface area contributed by atoms with Gasteiger partial charge in [-0.3, -0.25) is 9.79 Å². The second-order valence-corrected chi connectivity index (χ2v) is 2.01. The van der Waals surface area contributed by atoms with Crippen LogP contribution >= 0.6 is 0 Å². The number of ether oxygens (including phenoxy) is 1. The number of carboxylic acid groups (broad SMARTS) is 1. The molecule has 0 radical (unpaired) electrons. The van der Waals surface area contributed by atoms with E-state index in [0.717, 1.165) is 13.2 Å². The van der Waals surface area contributed by atoms with Crippen LogP contribution in [0.3, 0.4) is 0 Å². The van der Waals surface area contributed by atoms with Crippen molar-refractivity contribution in [2.45, 2.75) is 6.04 Å². The number of hydrogen-bond acceptors (Lipinski definition) is 5. The van der Waals surface area contributed by atoms with Gasteiger partial charge in [0, 0.05) is 0 Å². The van der Waals surface area contributed by atoms with E-state index in [9.17, 15) is 4.79 Å². The van der Waals surface area contributed by atoms with Crippen molar-refractivity contribution >= 4 is 12.4 Å². The molecule has 0 aromatic carbocycles. The molecule has 1 aliphatic heterocycles. The average molecular weight is 176 g/mol. The molecule has 0 saturated carbocycles. The summed E-state index contributed by atoms with van der Waals surface area (Å²) < 4.78 is 4.65. The summed E-state index contributed by atoms with van der Waals surface area (Å²) in [6.07, 6.45) is 1.49. The predicted octanol–water partition coefficient (Wildman–Crippen LogP) is -1.56. The third-order valence-electron chi connectivity index (χ3n) is 1.00. The van der Waals surface area contributed by atoms with Gasteiger partial charge >= 0.3 is 5.97 Å². The van der Waals surface area contributed by atoms with E-state index in [1.807, 2.05) is 0 Å². The summed E-state index contributed by atoms with van der Waals surface area (Å²) in [5.41, 5.74) is 4.77. The van der Waals surface area contributed by atoms with Crippen LogP contribution in [0, 0.1) is 0 Å². The van der Waals surface area contributed by atoms with Gasteiger partial charge in [0.05, 0.1) is 13.2 Å². The fourth-order valence-electron chi connectivity index (χ4n) is 0.342. The van der Waals surface area contributed by atoms with Gasteiger partial charge < -0.3 is 20.7 Å². The van der Waals surface area contributed by atoms with Crippen LogP contribution in [0.5, 0.6) is 0 Å². The number of aliphatic carboxylic acids is 1. The maximum atomic E-state index is 9.65. The SMILES string of the molecule is C1=NCCO1.N[C@@H](CO)C(=O)O. The largest absolute Gasteiger partial charge is 0.482 e. The Kier molecular flexibility index (Phi) is 5.94. The third kappa shape index (κ3) is 5.63. The molecule has 4 N–H and O–H groups in total. The Morgan fingerprint density at radius 1 is 1.83 bits per heavy atom. The normalized spacial score (nSPS) is 15.8. The topological polar surface area (TPSA) is 105 Å². The summed E-state index contributed by atoms with van der Waals surface area (Å²) in [6, 6.07) is -1.13. The van der Waals surface area contributed by atoms with Gasteiger partial charge in [-0.1, -0.05) is 0 Å². The minimum Gasteiger partial charge on any atom is -0.482 e. The molecule has 0 fully saturated rings. The fraction of sp³-hybridized carbons (Fsp3) is 0.667. The molecule has 6 nitrogen and oxygen atoms in total. The highest BCUT2D eigenvalue weighted by molar-refractivity contribution is 5.73. The molecule has 1 aliphatic rings. The van der Waals surface area contributed by atoms with E-state index in [1.165, 1.54) is 6.40 Å². The lowest BCUT2D eigenvalue weighted by molar-refractivity contribution is -0.139. The quantitative estimate of drug-likeness (QED) is 0.471. The van der Waals surface area contributed by atoms with Crippen molar-refractivity contribution in [3.05, 3.63) is 0 Å². The van der Waals surface area contributed by atoms with Crippen LogP contribution in [-0.4, -0.2) is 48.4 Å². The standard InChI is InChI=1S/C3H7NO3.C3H5NO/c4-2(1-5)3(6)7;1-2-5-3-4-1/h2,5H,1,4H2,(H,6,7);3H,1-2H2/t2-;/m0./s1. The van der Waals surface area contributed by atoms with Gasteiger partial charge in [-0.2, -0.15) is 0 Å². The smallest absolute Gasteiger partial charge is 0.322 e. The van der Waals surface area contributed by atoms with Gasteiger partial charge in [-0.15, -0.1) is 0 Å². The lowest BCUT2D eigenvalue weighted by Crippen LogP contribution is -2.33. The van der Waals surface area contributed by atoms with Crippen LogP contribution in [0.25, 0.3) is 0 Å². The van der Waals surface area contributed by atoms with Crippen molar-refractivity contribution in [3.63, 3.8) is 0 Å². The first-order valence-corrected chi connectivity index (χ1v) is 3.37. The molecule has 0 amide bonds. The van der Waals surface area contributed by atoms with Crippen LogP contribution in [0.4, 0.5) is 0 Å². The molecule has 1 atom stereocenters. The molecule has 12 heavy (non-hydrogen) atoms. The molecule has 0 aliphatic carbocycles. The summed E-state index contributed by atoms with van der Waals surface area (Å²) in [7, 11) is 0. The van der Waals surface area contributed by atoms with Crippen molar-refractivity contribution in [1.29, 1.82) is 0 Å². The second kappa shape index (κ2) is 6.56. The maximum absolute atomic E-state index is 9.65. The molecule has 70 valence electrons. The zero-order chi connectivity index (χ0) is 9.40. The minimum absolute atomic E-state index is 0.505. The van der Waals surface area contributed by atoms with E-state index in [4.69, 9.17) is 15.9 Å². The molecule has 6 heteroatoms. The molecule has 0 spiro atoms. The summed E-state index contributed by atoms with van der Waals surface area (Å²) in [4.78, 5) is 13.4. The number of hydrogen-bond donors (Lipinski definition) is 3. The van der Waals surface area contributed by atoms with Gasteiger partial charge in [0.25, 0.3) is 0 Å². The molecule has 1 rings (SSSR count). The monoisotopic (exact) mass is 176 g/mol. The molecule has 0 unspecified atom stereocenters. The number of aliphatic imine (C=N–C) groups is 1. The van der Waals surface area contributed by atoms with Gasteiger partial charge in [0.2, 0.25) is 0 Å². The molecule has 0 aromatic heterocycles. The van der Waals surface area contributed by atoms with E-state index >= 15 is 0 Å². The van der Waals surface area contributed by atoms with Crippen LogP contribution in [0.15, 0.2) is 4.99 Å². The Hall–Kier alpha value is -1.14. The number of nitrogens with two attached hydrogens (primary N) is 1. The van der Waals surface area contributed by atoms with Gasteiger partial charge in [-0.25, -0.2) is 0 Å². The van der Waals surface area contributed by atoms with E-state index in [1.54, 1.807) is 0 Å². The fourth-order valence-corrected chi connectivity index (χ4v) is 0.342. The zero-order valence-electron chi connectivity index (χ0n) is 6.51. The van der Waals surface area contributed by atoms with Crippen molar-refractivity contribution in [2.75, 3.05) is 19.8 Å².